The molecule has 9 nitrogen and oxygen atoms in total. The van der Waals surface area contributed by atoms with Crippen LogP contribution in [0.2, 0.25) is 10.3 Å². The molecule has 4 heterocycles. The summed E-state index contributed by atoms with van der Waals surface area (Å²) in [6.45, 7) is 2.67. The molecule has 2 fully saturated rings. The van der Waals surface area contributed by atoms with Gasteiger partial charge in [0.2, 0.25) is 0 Å². The first-order valence-electron chi connectivity index (χ1n) is 10.2. The monoisotopic (exact) mass is 474 g/mol. The van der Waals surface area contributed by atoms with Crippen LogP contribution in [0.25, 0.3) is 11.0 Å². The van der Waals surface area contributed by atoms with Crippen LogP contribution in [0.4, 0.5) is 4.79 Å². The fourth-order valence-corrected chi connectivity index (χ4v) is 4.88. The Morgan fingerprint density at radius 3 is 2.50 bits per heavy atom. The Morgan fingerprint density at radius 2 is 1.78 bits per heavy atom. The van der Waals surface area contributed by atoms with Crippen molar-refractivity contribution in [1.29, 1.82) is 0 Å². The van der Waals surface area contributed by atoms with Crippen molar-refractivity contribution < 1.29 is 14.3 Å². The van der Waals surface area contributed by atoms with Gasteiger partial charge in [0.05, 0.1) is 5.52 Å². The molecule has 166 valence electrons. The lowest BCUT2D eigenvalue weighted by Crippen LogP contribution is -2.62. The number of likely N-dealkylation sites (tertiary alicyclic amines) is 2. The Hall–Kier alpha value is -2.91. The summed E-state index contributed by atoms with van der Waals surface area (Å²) in [5, 5.41) is 11.0. The number of hydrogen-bond donors (Lipinski definition) is 1. The van der Waals surface area contributed by atoms with Crippen molar-refractivity contribution in [2.45, 2.75) is 19.4 Å². The summed E-state index contributed by atoms with van der Waals surface area (Å²) in [6, 6.07) is 8.60. The molecule has 0 bridgehead atoms. The molecule has 0 atom stereocenters. The number of nitrogens with one attached hydrogen (secondary N) is 1. The summed E-state index contributed by atoms with van der Waals surface area (Å²) in [5.41, 5.74) is 2.84. The van der Waals surface area contributed by atoms with E-state index in [1.807, 2.05) is 11.0 Å². The zero-order chi connectivity index (χ0) is 22.3. The maximum atomic E-state index is 12.8. The van der Waals surface area contributed by atoms with Crippen LogP contribution < -0.4 is 0 Å². The van der Waals surface area contributed by atoms with Crippen molar-refractivity contribution in [2.24, 2.45) is 5.41 Å². The number of amides is 2. The van der Waals surface area contributed by atoms with Gasteiger partial charge in [-0.3, -0.25) is 9.89 Å². The molecule has 1 aromatic carbocycles. The predicted octanol–water partition coefficient (Wildman–Crippen LogP) is 3.53. The number of ether oxygens (including phenoxy) is 1. The molecule has 0 unspecified atom stereocenters. The zero-order valence-corrected chi connectivity index (χ0v) is 18.6. The van der Waals surface area contributed by atoms with Gasteiger partial charge in [-0.15, -0.1) is 5.10 Å². The molecule has 32 heavy (non-hydrogen) atoms. The van der Waals surface area contributed by atoms with E-state index in [2.05, 4.69) is 20.4 Å². The number of fused-ring (bicyclic) bond motifs is 1. The lowest BCUT2D eigenvalue weighted by Gasteiger charge is -2.53. The maximum absolute atomic E-state index is 12.8. The third-order valence-electron chi connectivity index (χ3n) is 6.18. The fourth-order valence-electron chi connectivity index (χ4n) is 4.38. The molecule has 2 amide bonds. The molecule has 2 aromatic heterocycles. The lowest BCUT2D eigenvalue weighted by atomic mass is 9.72. The van der Waals surface area contributed by atoms with Gasteiger partial charge < -0.3 is 14.5 Å². The van der Waals surface area contributed by atoms with E-state index in [-0.39, 0.29) is 34.3 Å². The van der Waals surface area contributed by atoms with Gasteiger partial charge in [-0.2, -0.15) is 0 Å². The predicted molar refractivity (Wildman–Crippen MR) is 117 cm³/mol. The first-order valence-corrected chi connectivity index (χ1v) is 11.0. The van der Waals surface area contributed by atoms with Crippen LogP contribution in [0.15, 0.2) is 30.3 Å². The van der Waals surface area contributed by atoms with E-state index >= 15 is 0 Å². The summed E-state index contributed by atoms with van der Waals surface area (Å²) in [6.07, 6.45) is 1.31. The van der Waals surface area contributed by atoms with E-state index in [0.29, 0.717) is 42.8 Å². The molecular formula is C21H20Cl2N6O3. The van der Waals surface area contributed by atoms with E-state index < -0.39 is 0 Å². The van der Waals surface area contributed by atoms with Gasteiger partial charge in [0.1, 0.15) is 22.4 Å². The second-order valence-corrected chi connectivity index (χ2v) is 9.14. The minimum absolute atomic E-state index is 0.00274. The summed E-state index contributed by atoms with van der Waals surface area (Å²) in [7, 11) is 0. The Kier molecular flexibility index (Phi) is 5.38. The van der Waals surface area contributed by atoms with E-state index in [0.717, 1.165) is 18.4 Å². The maximum Gasteiger partial charge on any atom is 0.410 e. The van der Waals surface area contributed by atoms with Gasteiger partial charge >= 0.3 is 6.09 Å². The number of nitrogens with zero attached hydrogens (tertiary/aromatic N) is 5. The summed E-state index contributed by atoms with van der Waals surface area (Å²) < 4.78 is 5.41. The van der Waals surface area contributed by atoms with Crippen LogP contribution in [-0.4, -0.2) is 68.4 Å². The molecule has 2 aliphatic rings. The van der Waals surface area contributed by atoms with Crippen LogP contribution in [0.3, 0.4) is 0 Å². The Bertz CT molecular complexity index is 1160. The quantitative estimate of drug-likeness (QED) is 0.582. The van der Waals surface area contributed by atoms with Gasteiger partial charge in [0.25, 0.3) is 5.91 Å². The van der Waals surface area contributed by atoms with E-state index in [9.17, 15) is 9.59 Å². The number of carbonyl (C=O) groups excluding carboxylic acids is 2. The molecule has 5 rings (SSSR count). The molecule has 2 aliphatic heterocycles. The number of benzene rings is 1. The van der Waals surface area contributed by atoms with Crippen LogP contribution in [0.5, 0.6) is 0 Å². The van der Waals surface area contributed by atoms with Crippen molar-refractivity contribution in [3.05, 3.63) is 51.8 Å². The van der Waals surface area contributed by atoms with E-state index in [1.165, 1.54) is 0 Å². The second kappa shape index (κ2) is 8.22. The smallest absolute Gasteiger partial charge is 0.410 e. The van der Waals surface area contributed by atoms with Crippen molar-refractivity contribution in [2.75, 3.05) is 26.2 Å². The van der Waals surface area contributed by atoms with Gasteiger partial charge in [-0.25, -0.2) is 9.78 Å². The number of piperidine rings is 1. The first kappa shape index (κ1) is 21.0. The summed E-state index contributed by atoms with van der Waals surface area (Å²) in [4.78, 5) is 32.7. The third kappa shape index (κ3) is 4.10. The highest BCUT2D eigenvalue weighted by Gasteiger charge is 2.47. The largest absolute Gasteiger partial charge is 0.445 e. The number of carbonyl (C=O) groups is 2. The van der Waals surface area contributed by atoms with Crippen molar-refractivity contribution in [3.8, 4) is 0 Å². The van der Waals surface area contributed by atoms with Crippen molar-refractivity contribution in [3.63, 3.8) is 0 Å². The van der Waals surface area contributed by atoms with Crippen molar-refractivity contribution in [1.82, 2.24) is 30.2 Å². The molecule has 1 spiro atoms. The minimum atomic E-state index is -0.364. The van der Waals surface area contributed by atoms with Gasteiger partial charge in [-0.05, 0) is 48.7 Å². The summed E-state index contributed by atoms with van der Waals surface area (Å²) >= 11 is 11.8. The Balaban J connectivity index is 1.11. The van der Waals surface area contributed by atoms with Gasteiger partial charge in [-0.1, -0.05) is 28.4 Å². The van der Waals surface area contributed by atoms with Crippen molar-refractivity contribution >= 4 is 46.2 Å². The third-order valence-corrected chi connectivity index (χ3v) is 6.57. The number of hydrogen-bond acceptors (Lipinski definition) is 6. The number of aromatic nitrogens is 4. The van der Waals surface area contributed by atoms with Crippen LogP contribution in [-0.2, 0) is 11.3 Å². The molecule has 2 saturated heterocycles. The summed E-state index contributed by atoms with van der Waals surface area (Å²) in [5.74, 6) is -0.00274. The number of rotatable bonds is 3. The molecular weight excluding hydrogens is 455 g/mol. The molecule has 0 radical (unpaired) electrons. The minimum Gasteiger partial charge on any atom is -0.445 e. The topological polar surface area (TPSA) is 104 Å². The fraction of sp³-hybridized carbons (Fsp3) is 0.381. The average Bonchev–Trinajstić information content (AvgIpc) is 3.23. The first-order chi connectivity index (χ1) is 15.4. The van der Waals surface area contributed by atoms with E-state index in [4.69, 9.17) is 27.9 Å². The van der Waals surface area contributed by atoms with Crippen LogP contribution >= 0.6 is 23.2 Å². The number of aromatic amines is 1. The molecule has 0 saturated carbocycles. The number of halogens is 2. The zero-order valence-electron chi connectivity index (χ0n) is 17.1. The highest BCUT2D eigenvalue weighted by molar-refractivity contribution is 6.32. The highest BCUT2D eigenvalue weighted by atomic mass is 35.5. The number of pyridine rings is 1. The second-order valence-electron chi connectivity index (χ2n) is 8.37. The normalized spacial score (nSPS) is 17.4. The lowest BCUT2D eigenvalue weighted by molar-refractivity contribution is -0.0319. The highest BCUT2D eigenvalue weighted by Crippen LogP contribution is 2.41. The molecule has 1 N–H and O–H groups in total. The van der Waals surface area contributed by atoms with E-state index in [1.54, 1.807) is 29.2 Å². The number of H-pyrrole nitrogens is 1. The van der Waals surface area contributed by atoms with Gasteiger partial charge in [0.15, 0.2) is 0 Å². The average molecular weight is 475 g/mol. The van der Waals surface area contributed by atoms with Gasteiger partial charge in [0, 0.05) is 37.2 Å². The standard InChI is InChI=1S/C21H20Cl2N6O3/c22-17-7-13(8-18(23)24-17)10-32-20(31)28-5-3-21(4-6-28)11-29(12-21)19(30)14-1-2-15-16(9-14)26-27-25-15/h1-2,7-9H,3-6,10-12H2,(H,25,26,27). The van der Waals surface area contributed by atoms with Crippen LogP contribution in [0, 0.1) is 5.41 Å². The Morgan fingerprint density at radius 1 is 1.06 bits per heavy atom. The molecule has 0 aliphatic carbocycles. The molecule has 3 aromatic rings. The SMILES string of the molecule is O=C(OCc1cc(Cl)nc(Cl)c1)N1CCC2(CC1)CN(C(=O)c1ccc3[nH]nnc3c1)C2. The molecule has 11 heteroatoms. The Labute approximate surface area is 193 Å². The van der Waals surface area contributed by atoms with Crippen LogP contribution in [0.1, 0.15) is 28.8 Å².